The molecule has 30 heavy (non-hydrogen) atoms. The lowest BCUT2D eigenvalue weighted by atomic mass is 10.2. The van der Waals surface area contributed by atoms with Crippen LogP contribution in [0.4, 0.5) is 0 Å². The predicted molar refractivity (Wildman–Crippen MR) is 120 cm³/mol. The van der Waals surface area contributed by atoms with Crippen LogP contribution in [0.5, 0.6) is 11.5 Å². The van der Waals surface area contributed by atoms with E-state index in [1.807, 2.05) is 19.1 Å². The number of carbonyl (C=O) groups is 2. The van der Waals surface area contributed by atoms with Crippen LogP contribution in [-0.4, -0.2) is 34.9 Å². The van der Waals surface area contributed by atoms with Crippen molar-refractivity contribution in [3.8, 4) is 11.5 Å². The van der Waals surface area contributed by atoms with Crippen molar-refractivity contribution in [2.45, 2.75) is 13.8 Å². The summed E-state index contributed by atoms with van der Waals surface area (Å²) >= 11 is 2.08. The molecule has 0 aliphatic heterocycles. The van der Waals surface area contributed by atoms with Gasteiger partial charge in [-0.1, -0.05) is 12.1 Å². The zero-order chi connectivity index (χ0) is 21.5. The maximum Gasteiger partial charge on any atom is 0.344 e. The molecule has 9 heteroatoms. The standard InChI is InChI=1S/C21H19IN4O4/c1-3-29-19-11-14(12-23-26-20(27)17-10-13(2)24-25-17)8-9-18(19)30-21(28)15-6-4-5-7-16(15)22/h4-12H,3H2,1-2H3,(H,24,25)(H,26,27)/b23-12+. The summed E-state index contributed by atoms with van der Waals surface area (Å²) in [6, 6.07) is 13.8. The lowest BCUT2D eigenvalue weighted by molar-refractivity contribution is 0.0727. The van der Waals surface area contributed by atoms with Crippen molar-refractivity contribution in [2.75, 3.05) is 6.61 Å². The van der Waals surface area contributed by atoms with E-state index in [0.29, 0.717) is 29.2 Å². The number of rotatable bonds is 7. The first-order valence-corrected chi connectivity index (χ1v) is 10.1. The van der Waals surface area contributed by atoms with Gasteiger partial charge in [0.1, 0.15) is 0 Å². The molecule has 154 valence electrons. The van der Waals surface area contributed by atoms with E-state index in [1.54, 1.807) is 43.3 Å². The van der Waals surface area contributed by atoms with E-state index in [2.05, 4.69) is 43.3 Å². The van der Waals surface area contributed by atoms with E-state index in [9.17, 15) is 9.59 Å². The number of hydrazone groups is 1. The molecule has 8 nitrogen and oxygen atoms in total. The van der Waals surface area contributed by atoms with E-state index in [1.165, 1.54) is 6.21 Å². The summed E-state index contributed by atoms with van der Waals surface area (Å²) in [5.41, 5.74) is 4.57. The molecule has 0 aliphatic carbocycles. The average Bonchev–Trinajstić information content (AvgIpc) is 3.16. The molecule has 1 heterocycles. The number of amides is 1. The average molecular weight is 518 g/mol. The lowest BCUT2D eigenvalue weighted by Crippen LogP contribution is -2.18. The quantitative estimate of drug-likeness (QED) is 0.163. The number of aromatic nitrogens is 2. The first-order chi connectivity index (χ1) is 14.5. The summed E-state index contributed by atoms with van der Waals surface area (Å²) in [6.45, 7) is 4.03. The van der Waals surface area contributed by atoms with Gasteiger partial charge in [-0.2, -0.15) is 10.2 Å². The third-order valence-electron chi connectivity index (χ3n) is 3.88. The number of halogens is 1. The maximum atomic E-state index is 12.5. The molecule has 0 saturated carbocycles. The summed E-state index contributed by atoms with van der Waals surface area (Å²) in [4.78, 5) is 24.5. The van der Waals surface area contributed by atoms with Gasteiger partial charge in [0.25, 0.3) is 5.91 Å². The van der Waals surface area contributed by atoms with Crippen molar-refractivity contribution >= 4 is 40.7 Å². The number of H-pyrrole nitrogens is 1. The number of aromatic amines is 1. The van der Waals surface area contributed by atoms with Gasteiger partial charge >= 0.3 is 5.97 Å². The molecular weight excluding hydrogens is 499 g/mol. The van der Waals surface area contributed by atoms with E-state index >= 15 is 0 Å². The maximum absolute atomic E-state index is 12.5. The second-order valence-electron chi connectivity index (χ2n) is 6.14. The molecule has 0 spiro atoms. The van der Waals surface area contributed by atoms with Gasteiger partial charge in [0, 0.05) is 9.26 Å². The van der Waals surface area contributed by atoms with Crippen LogP contribution in [0.25, 0.3) is 0 Å². The molecule has 2 N–H and O–H groups in total. The summed E-state index contributed by atoms with van der Waals surface area (Å²) in [7, 11) is 0. The van der Waals surface area contributed by atoms with Crippen LogP contribution in [0.2, 0.25) is 0 Å². The number of nitrogens with one attached hydrogen (secondary N) is 2. The molecule has 1 amide bonds. The smallest absolute Gasteiger partial charge is 0.344 e. The first kappa shape index (κ1) is 21.5. The molecule has 0 aliphatic rings. The SMILES string of the molecule is CCOc1cc(/C=N/NC(=O)c2cc(C)[nH]n2)ccc1OC(=O)c1ccccc1I. The van der Waals surface area contributed by atoms with E-state index in [-0.39, 0.29) is 5.69 Å². The second kappa shape index (κ2) is 10.0. The molecule has 3 rings (SSSR count). The Bertz CT molecular complexity index is 1090. The van der Waals surface area contributed by atoms with Gasteiger partial charge in [-0.05, 0) is 78.4 Å². The Kier molecular flexibility index (Phi) is 7.17. The Hall–Kier alpha value is -3.21. The summed E-state index contributed by atoms with van der Waals surface area (Å²) in [5.74, 6) is -0.197. The fourth-order valence-corrected chi connectivity index (χ4v) is 3.10. The Morgan fingerprint density at radius 3 is 2.70 bits per heavy atom. The van der Waals surface area contributed by atoms with Crippen LogP contribution in [0.15, 0.2) is 53.6 Å². The van der Waals surface area contributed by atoms with Gasteiger partial charge in [0.05, 0.1) is 18.4 Å². The molecule has 0 unspecified atom stereocenters. The highest BCUT2D eigenvalue weighted by atomic mass is 127. The van der Waals surface area contributed by atoms with Crippen molar-refractivity contribution in [2.24, 2.45) is 5.10 Å². The number of carbonyl (C=O) groups excluding carboxylic acids is 2. The normalized spacial score (nSPS) is 10.8. The largest absolute Gasteiger partial charge is 0.490 e. The fraction of sp³-hybridized carbons (Fsp3) is 0.143. The highest BCUT2D eigenvalue weighted by Crippen LogP contribution is 2.29. The van der Waals surface area contributed by atoms with Gasteiger partial charge in [-0.3, -0.25) is 9.89 Å². The number of ether oxygens (including phenoxy) is 2. The molecule has 0 bridgehead atoms. The Labute approximate surface area is 186 Å². The fourth-order valence-electron chi connectivity index (χ4n) is 2.50. The van der Waals surface area contributed by atoms with Gasteiger partial charge in [-0.25, -0.2) is 10.2 Å². The third kappa shape index (κ3) is 5.44. The van der Waals surface area contributed by atoms with Crippen LogP contribution in [0.3, 0.4) is 0 Å². The third-order valence-corrected chi connectivity index (χ3v) is 4.82. The molecular formula is C21H19IN4O4. The molecule has 2 aromatic carbocycles. The van der Waals surface area contributed by atoms with E-state index in [0.717, 1.165) is 9.26 Å². The zero-order valence-corrected chi connectivity index (χ0v) is 18.5. The number of esters is 1. The van der Waals surface area contributed by atoms with Crippen LogP contribution >= 0.6 is 22.6 Å². The second-order valence-corrected chi connectivity index (χ2v) is 7.31. The number of benzene rings is 2. The number of nitrogens with zero attached hydrogens (tertiary/aromatic N) is 2. The van der Waals surface area contributed by atoms with Gasteiger partial charge in [0.15, 0.2) is 17.2 Å². The van der Waals surface area contributed by atoms with Gasteiger partial charge in [0.2, 0.25) is 0 Å². The molecule has 1 aromatic heterocycles. The van der Waals surface area contributed by atoms with E-state index < -0.39 is 11.9 Å². The van der Waals surface area contributed by atoms with Crippen LogP contribution in [0, 0.1) is 10.5 Å². The van der Waals surface area contributed by atoms with Crippen LogP contribution in [0.1, 0.15) is 39.0 Å². The van der Waals surface area contributed by atoms with E-state index in [4.69, 9.17) is 9.47 Å². The van der Waals surface area contributed by atoms with Crippen molar-refractivity contribution in [1.82, 2.24) is 15.6 Å². The molecule has 0 radical (unpaired) electrons. The van der Waals surface area contributed by atoms with Crippen LogP contribution < -0.4 is 14.9 Å². The highest BCUT2D eigenvalue weighted by Gasteiger charge is 2.15. The highest BCUT2D eigenvalue weighted by molar-refractivity contribution is 14.1. The Morgan fingerprint density at radius 2 is 2.00 bits per heavy atom. The number of hydrogen-bond acceptors (Lipinski definition) is 6. The Balaban J connectivity index is 1.72. The summed E-state index contributed by atoms with van der Waals surface area (Å²) < 4.78 is 11.9. The molecule has 0 saturated heterocycles. The minimum atomic E-state index is -0.469. The molecule has 3 aromatic rings. The lowest BCUT2D eigenvalue weighted by Gasteiger charge is -2.12. The Morgan fingerprint density at radius 1 is 1.20 bits per heavy atom. The molecule has 0 fully saturated rings. The monoisotopic (exact) mass is 518 g/mol. The molecule has 0 atom stereocenters. The minimum absolute atomic E-state index is 0.248. The predicted octanol–water partition coefficient (Wildman–Crippen LogP) is 3.70. The summed E-state index contributed by atoms with van der Waals surface area (Å²) in [5, 5.41) is 10.5. The van der Waals surface area contributed by atoms with Crippen molar-refractivity contribution in [3.05, 3.63) is 74.6 Å². The minimum Gasteiger partial charge on any atom is -0.490 e. The van der Waals surface area contributed by atoms with Crippen molar-refractivity contribution < 1.29 is 19.1 Å². The first-order valence-electron chi connectivity index (χ1n) is 9.07. The summed E-state index contributed by atoms with van der Waals surface area (Å²) in [6.07, 6.45) is 1.46. The van der Waals surface area contributed by atoms with Crippen molar-refractivity contribution in [3.63, 3.8) is 0 Å². The zero-order valence-electron chi connectivity index (χ0n) is 16.3. The van der Waals surface area contributed by atoms with Gasteiger partial charge < -0.3 is 9.47 Å². The topological polar surface area (TPSA) is 106 Å². The number of hydrogen-bond donors (Lipinski definition) is 2. The number of aryl methyl sites for hydroxylation is 1. The van der Waals surface area contributed by atoms with Crippen LogP contribution in [-0.2, 0) is 0 Å². The van der Waals surface area contributed by atoms with Crippen molar-refractivity contribution in [1.29, 1.82) is 0 Å². The van der Waals surface area contributed by atoms with Gasteiger partial charge in [-0.15, -0.1) is 0 Å².